The molecule has 0 aliphatic heterocycles. The fourth-order valence-electron chi connectivity index (χ4n) is 2.57. The maximum absolute atomic E-state index is 12.8. The molecule has 33 heavy (non-hydrogen) atoms. The zero-order valence-corrected chi connectivity index (χ0v) is 19.4. The van der Waals surface area contributed by atoms with Gasteiger partial charge in [-0.1, -0.05) is 13.8 Å². The van der Waals surface area contributed by atoms with Crippen molar-refractivity contribution < 1.29 is 34.2 Å². The Morgan fingerprint density at radius 3 is 1.94 bits per heavy atom. The van der Waals surface area contributed by atoms with Crippen molar-refractivity contribution >= 4 is 48.2 Å². The Bertz CT molecular complexity index is 744. The van der Waals surface area contributed by atoms with Crippen molar-refractivity contribution in [3.63, 3.8) is 0 Å². The Kier molecular flexibility index (Phi) is 13.5. The molecule has 0 rings (SSSR count). The Morgan fingerprint density at radius 1 is 0.939 bits per heavy atom. The maximum atomic E-state index is 12.8. The first kappa shape index (κ1) is 29.9. The minimum Gasteiger partial charge on any atom is -0.481 e. The van der Waals surface area contributed by atoms with Crippen LogP contribution in [0.1, 0.15) is 33.1 Å². The molecule has 0 heterocycles. The highest BCUT2D eigenvalue weighted by Crippen LogP contribution is 2.05. The van der Waals surface area contributed by atoms with Crippen molar-refractivity contribution in [2.45, 2.75) is 57.3 Å². The third kappa shape index (κ3) is 11.9. The van der Waals surface area contributed by atoms with Crippen LogP contribution in [0, 0.1) is 5.92 Å². The molecule has 14 nitrogen and oxygen atoms in total. The number of thiol groups is 1. The molecule has 188 valence electrons. The molecule has 0 aromatic rings. The standard InChI is InChI=1S/C18H33N7O7S/c1-8(2)13(17(31)32)25-16(30)11(7-33)24-15(29)10(4-3-5-22-18(20)21)23-14(28)9(19)6-12(26)27/h8-11,13,33H,3-7,19H2,1-2H3,(H,23,28)(H,24,29)(H,25,30)(H,26,27)(H,31,32)(H4,20,21,22). The fourth-order valence-corrected chi connectivity index (χ4v) is 2.82. The average molecular weight is 492 g/mol. The summed E-state index contributed by atoms with van der Waals surface area (Å²) in [6, 6.07) is -4.98. The van der Waals surface area contributed by atoms with E-state index in [-0.39, 0.29) is 31.1 Å². The van der Waals surface area contributed by atoms with E-state index in [2.05, 4.69) is 33.6 Å². The van der Waals surface area contributed by atoms with Gasteiger partial charge in [-0.15, -0.1) is 0 Å². The third-order valence-corrected chi connectivity index (χ3v) is 4.72. The molecule has 0 aliphatic carbocycles. The van der Waals surface area contributed by atoms with E-state index >= 15 is 0 Å². The molecule has 0 saturated carbocycles. The van der Waals surface area contributed by atoms with Gasteiger partial charge in [0.15, 0.2) is 5.96 Å². The van der Waals surface area contributed by atoms with Crippen LogP contribution in [0.4, 0.5) is 0 Å². The van der Waals surface area contributed by atoms with E-state index in [9.17, 15) is 29.1 Å². The van der Waals surface area contributed by atoms with Crippen molar-refractivity contribution in [1.82, 2.24) is 16.0 Å². The number of guanidine groups is 1. The number of carbonyl (C=O) groups is 5. The fraction of sp³-hybridized carbons (Fsp3) is 0.667. The number of carboxylic acid groups (broad SMARTS) is 2. The van der Waals surface area contributed by atoms with Crippen LogP contribution in [0.15, 0.2) is 4.99 Å². The van der Waals surface area contributed by atoms with Crippen LogP contribution < -0.4 is 33.2 Å². The molecule has 0 aromatic heterocycles. The Labute approximate surface area is 196 Å². The highest BCUT2D eigenvalue weighted by molar-refractivity contribution is 7.80. The Hall–Kier alpha value is -3.07. The summed E-state index contributed by atoms with van der Waals surface area (Å²) < 4.78 is 0. The molecule has 0 aromatic carbocycles. The van der Waals surface area contributed by atoms with Crippen LogP contribution in [0.5, 0.6) is 0 Å². The van der Waals surface area contributed by atoms with Crippen LogP contribution >= 0.6 is 12.6 Å². The lowest BCUT2D eigenvalue weighted by molar-refractivity contribution is -0.143. The summed E-state index contributed by atoms with van der Waals surface area (Å²) in [5.74, 6) is -5.69. The molecule has 0 bridgehead atoms. The van der Waals surface area contributed by atoms with Gasteiger partial charge in [-0.25, -0.2) is 4.79 Å². The van der Waals surface area contributed by atoms with Crippen LogP contribution in [-0.2, 0) is 24.0 Å². The minimum atomic E-state index is -1.40. The highest BCUT2D eigenvalue weighted by atomic mass is 32.1. The van der Waals surface area contributed by atoms with Gasteiger partial charge in [-0.05, 0) is 18.8 Å². The second-order valence-corrected chi connectivity index (χ2v) is 7.89. The molecule has 0 spiro atoms. The van der Waals surface area contributed by atoms with Crippen molar-refractivity contribution in [1.29, 1.82) is 0 Å². The topological polar surface area (TPSA) is 252 Å². The summed E-state index contributed by atoms with van der Waals surface area (Å²) in [5.41, 5.74) is 16.0. The Morgan fingerprint density at radius 2 is 1.48 bits per heavy atom. The van der Waals surface area contributed by atoms with Crippen molar-refractivity contribution in [2.75, 3.05) is 12.3 Å². The van der Waals surface area contributed by atoms with Crippen molar-refractivity contribution in [3.05, 3.63) is 0 Å². The van der Waals surface area contributed by atoms with E-state index in [1.807, 2.05) is 0 Å². The van der Waals surface area contributed by atoms with Gasteiger partial charge < -0.3 is 43.4 Å². The first-order chi connectivity index (χ1) is 15.3. The number of hydrogen-bond acceptors (Lipinski definition) is 8. The van der Waals surface area contributed by atoms with Crippen molar-refractivity contribution in [3.8, 4) is 0 Å². The van der Waals surface area contributed by atoms with E-state index in [1.54, 1.807) is 13.8 Å². The smallest absolute Gasteiger partial charge is 0.326 e. The summed E-state index contributed by atoms with van der Waals surface area (Å²) >= 11 is 4.03. The van der Waals surface area contributed by atoms with Gasteiger partial charge in [0.25, 0.3) is 0 Å². The second kappa shape index (κ2) is 14.9. The van der Waals surface area contributed by atoms with Gasteiger partial charge in [0.05, 0.1) is 12.5 Å². The highest BCUT2D eigenvalue weighted by Gasteiger charge is 2.30. The number of nitrogens with one attached hydrogen (secondary N) is 3. The molecule has 0 aliphatic rings. The molecule has 15 heteroatoms. The van der Waals surface area contributed by atoms with Gasteiger partial charge in [0, 0.05) is 12.3 Å². The van der Waals surface area contributed by atoms with Crippen molar-refractivity contribution in [2.24, 2.45) is 28.1 Å². The van der Waals surface area contributed by atoms with Crippen LogP contribution in [0.2, 0.25) is 0 Å². The Balaban J connectivity index is 5.37. The molecule has 4 unspecified atom stereocenters. The predicted octanol–water partition coefficient (Wildman–Crippen LogP) is -3.03. The molecule has 0 radical (unpaired) electrons. The number of amides is 3. The zero-order chi connectivity index (χ0) is 25.7. The maximum Gasteiger partial charge on any atom is 0.326 e. The lowest BCUT2D eigenvalue weighted by atomic mass is 10.0. The first-order valence-electron chi connectivity index (χ1n) is 10.1. The second-order valence-electron chi connectivity index (χ2n) is 7.53. The van der Waals surface area contributed by atoms with Gasteiger partial charge >= 0.3 is 11.9 Å². The summed E-state index contributed by atoms with van der Waals surface area (Å²) in [7, 11) is 0. The molecule has 11 N–H and O–H groups in total. The SMILES string of the molecule is CC(C)C(NC(=O)C(CS)NC(=O)C(CCCN=C(N)N)NC(=O)C(N)CC(=O)O)C(=O)O. The van der Waals surface area contributed by atoms with Crippen LogP contribution in [-0.4, -0.2) is 82.3 Å². The lowest BCUT2D eigenvalue weighted by Crippen LogP contribution is -2.58. The van der Waals surface area contributed by atoms with E-state index in [0.29, 0.717) is 0 Å². The summed E-state index contributed by atoms with van der Waals surface area (Å²) in [6.07, 6.45) is -0.350. The number of nitrogens with two attached hydrogens (primary N) is 3. The predicted molar refractivity (Wildman–Crippen MR) is 122 cm³/mol. The number of hydrogen-bond donors (Lipinski definition) is 9. The number of carbonyl (C=O) groups excluding carboxylic acids is 3. The van der Waals surface area contributed by atoms with E-state index in [1.165, 1.54) is 0 Å². The molecule has 3 amide bonds. The molecular weight excluding hydrogens is 458 g/mol. The van der Waals surface area contributed by atoms with E-state index < -0.39 is 66.2 Å². The molecule has 0 saturated heterocycles. The minimum absolute atomic E-state index is 0.0405. The number of rotatable bonds is 15. The summed E-state index contributed by atoms with van der Waals surface area (Å²) in [6.45, 7) is 3.36. The van der Waals surface area contributed by atoms with Crippen LogP contribution in [0.3, 0.4) is 0 Å². The first-order valence-corrected chi connectivity index (χ1v) is 10.7. The van der Waals surface area contributed by atoms with Gasteiger partial charge in [0.1, 0.15) is 18.1 Å². The van der Waals surface area contributed by atoms with Crippen LogP contribution in [0.25, 0.3) is 0 Å². The number of aliphatic carboxylic acids is 2. The lowest BCUT2D eigenvalue weighted by Gasteiger charge is -2.25. The third-order valence-electron chi connectivity index (χ3n) is 4.36. The number of aliphatic imine (C=N–C) groups is 1. The largest absolute Gasteiger partial charge is 0.481 e. The van der Waals surface area contributed by atoms with Gasteiger partial charge in [-0.2, -0.15) is 12.6 Å². The van der Waals surface area contributed by atoms with Gasteiger partial charge in [0.2, 0.25) is 17.7 Å². The van der Waals surface area contributed by atoms with Gasteiger partial charge in [-0.3, -0.25) is 24.2 Å². The molecular formula is C18H33N7O7S. The quantitative estimate of drug-likeness (QED) is 0.0484. The zero-order valence-electron chi connectivity index (χ0n) is 18.5. The average Bonchev–Trinajstić information content (AvgIpc) is 2.70. The molecule has 0 fully saturated rings. The van der Waals surface area contributed by atoms with E-state index in [4.69, 9.17) is 22.3 Å². The molecule has 4 atom stereocenters. The summed E-state index contributed by atoms with van der Waals surface area (Å²) in [5, 5.41) is 25.1. The number of nitrogens with zero attached hydrogens (tertiary/aromatic N) is 1. The number of carboxylic acids is 2. The summed E-state index contributed by atoms with van der Waals surface area (Å²) in [4.78, 5) is 63.4. The van der Waals surface area contributed by atoms with E-state index in [0.717, 1.165) is 0 Å². The monoisotopic (exact) mass is 491 g/mol. The normalized spacial score (nSPS) is 14.3.